The first-order chi connectivity index (χ1) is 14.1. The van der Waals surface area contributed by atoms with E-state index in [1.165, 1.54) is 24.5 Å². The Bertz CT molecular complexity index is 1010. The van der Waals surface area contributed by atoms with Gasteiger partial charge in [0.15, 0.2) is 0 Å². The van der Waals surface area contributed by atoms with Gasteiger partial charge in [-0.05, 0) is 31.9 Å². The molecular weight excluding hydrogens is 373 g/mol. The van der Waals surface area contributed by atoms with E-state index < -0.39 is 0 Å². The molecule has 1 aliphatic heterocycles. The highest BCUT2D eigenvalue weighted by atomic mass is 19.1. The molecule has 0 unspecified atom stereocenters. The van der Waals surface area contributed by atoms with E-state index in [-0.39, 0.29) is 17.6 Å². The van der Waals surface area contributed by atoms with Crippen molar-refractivity contribution >= 4 is 5.91 Å². The number of hydrogen-bond donors (Lipinski definition) is 0. The van der Waals surface area contributed by atoms with E-state index in [1.807, 2.05) is 6.92 Å². The van der Waals surface area contributed by atoms with Gasteiger partial charge in [0.1, 0.15) is 23.0 Å². The van der Waals surface area contributed by atoms with Crippen molar-refractivity contribution in [3.8, 4) is 11.6 Å². The van der Waals surface area contributed by atoms with Crippen molar-refractivity contribution in [3.63, 3.8) is 0 Å². The van der Waals surface area contributed by atoms with Gasteiger partial charge in [-0.25, -0.2) is 14.4 Å². The molecule has 1 saturated heterocycles. The molecule has 1 fully saturated rings. The summed E-state index contributed by atoms with van der Waals surface area (Å²) in [7, 11) is 0. The van der Waals surface area contributed by atoms with Crippen LogP contribution < -0.4 is 4.74 Å². The molecule has 1 amide bonds. The molecule has 3 heterocycles. The topological polar surface area (TPSA) is 81.1 Å². The van der Waals surface area contributed by atoms with Crippen LogP contribution in [0.25, 0.3) is 0 Å². The van der Waals surface area contributed by atoms with Crippen LogP contribution in [0.4, 0.5) is 4.39 Å². The van der Waals surface area contributed by atoms with Gasteiger partial charge in [-0.3, -0.25) is 14.8 Å². The molecule has 1 aliphatic rings. The Hall–Kier alpha value is -3.42. The fourth-order valence-corrected chi connectivity index (χ4v) is 3.39. The molecule has 0 spiro atoms. The van der Waals surface area contributed by atoms with Crippen LogP contribution >= 0.6 is 0 Å². The quantitative estimate of drug-likeness (QED) is 0.675. The Morgan fingerprint density at radius 1 is 1.17 bits per heavy atom. The fraction of sp³-hybridized carbons (Fsp3) is 0.286. The highest BCUT2D eigenvalue weighted by Gasteiger charge is 2.29. The molecule has 7 nitrogen and oxygen atoms in total. The monoisotopic (exact) mass is 393 g/mol. The Kier molecular flexibility index (Phi) is 5.41. The third kappa shape index (κ3) is 4.37. The van der Waals surface area contributed by atoms with Crippen LogP contribution in [-0.4, -0.2) is 43.8 Å². The largest absolute Gasteiger partial charge is 0.437 e. The van der Waals surface area contributed by atoms with Gasteiger partial charge in [-0.2, -0.15) is 0 Å². The number of nitrogens with zero attached hydrogens (tertiary/aromatic N) is 5. The minimum absolute atomic E-state index is 0.0385. The lowest BCUT2D eigenvalue weighted by molar-refractivity contribution is 0.0698. The van der Waals surface area contributed by atoms with E-state index in [1.54, 1.807) is 29.4 Å². The lowest BCUT2D eigenvalue weighted by Crippen LogP contribution is -2.39. The summed E-state index contributed by atoms with van der Waals surface area (Å²) < 4.78 is 19.3. The van der Waals surface area contributed by atoms with Gasteiger partial charge in [-0.15, -0.1) is 0 Å². The Labute approximate surface area is 167 Å². The number of rotatable bonds is 4. The lowest BCUT2D eigenvalue weighted by Gasteiger charge is -2.32. The smallest absolute Gasteiger partial charge is 0.274 e. The van der Waals surface area contributed by atoms with Crippen LogP contribution in [0.15, 0.2) is 49.1 Å². The lowest BCUT2D eigenvalue weighted by atomic mass is 9.94. The summed E-state index contributed by atoms with van der Waals surface area (Å²) >= 11 is 0. The Morgan fingerprint density at radius 2 is 2.03 bits per heavy atom. The zero-order valence-corrected chi connectivity index (χ0v) is 16.0. The Balaban J connectivity index is 1.54. The number of aromatic nitrogens is 4. The van der Waals surface area contributed by atoms with Gasteiger partial charge in [0.05, 0.1) is 11.9 Å². The molecule has 1 aromatic carbocycles. The van der Waals surface area contributed by atoms with Gasteiger partial charge in [0.25, 0.3) is 5.91 Å². The maximum Gasteiger partial charge on any atom is 0.274 e. The number of aryl methyl sites for hydroxylation is 1. The number of piperidine rings is 1. The van der Waals surface area contributed by atoms with Gasteiger partial charge < -0.3 is 9.64 Å². The summed E-state index contributed by atoms with van der Waals surface area (Å²) in [6.07, 6.45) is 7.89. The number of carbonyl (C=O) groups excluding carboxylic acids is 1. The van der Waals surface area contributed by atoms with E-state index in [4.69, 9.17) is 4.74 Å². The average molecular weight is 393 g/mol. The maximum atomic E-state index is 13.5. The van der Waals surface area contributed by atoms with Crippen molar-refractivity contribution in [1.29, 1.82) is 0 Å². The van der Waals surface area contributed by atoms with Gasteiger partial charge >= 0.3 is 0 Å². The SMILES string of the molecule is Cc1cnc(C(=O)N2CCC[C@H](c3nccnc3Oc3cccc(F)c3)C2)cn1. The van der Waals surface area contributed by atoms with Crippen molar-refractivity contribution in [1.82, 2.24) is 24.8 Å². The van der Waals surface area contributed by atoms with Crippen LogP contribution in [0.2, 0.25) is 0 Å². The number of halogens is 1. The first-order valence-electron chi connectivity index (χ1n) is 9.42. The normalized spacial score (nSPS) is 16.5. The highest BCUT2D eigenvalue weighted by molar-refractivity contribution is 5.92. The molecule has 148 valence electrons. The zero-order valence-electron chi connectivity index (χ0n) is 16.0. The molecule has 3 aromatic rings. The summed E-state index contributed by atoms with van der Waals surface area (Å²) in [5.74, 6) is 0.0987. The molecule has 0 N–H and O–H groups in total. The minimum Gasteiger partial charge on any atom is -0.437 e. The fourth-order valence-electron chi connectivity index (χ4n) is 3.39. The van der Waals surface area contributed by atoms with Crippen LogP contribution in [0, 0.1) is 12.7 Å². The number of benzene rings is 1. The van der Waals surface area contributed by atoms with Crippen LogP contribution in [0.5, 0.6) is 11.6 Å². The first-order valence-corrected chi connectivity index (χ1v) is 9.42. The molecule has 0 aliphatic carbocycles. The second kappa shape index (κ2) is 8.30. The van der Waals surface area contributed by atoms with E-state index >= 15 is 0 Å². The number of hydrogen-bond acceptors (Lipinski definition) is 6. The standard InChI is InChI=1S/C21H20FN5O2/c1-14-11-26-18(12-25-14)21(28)27-9-3-4-15(13-27)19-20(24-8-7-23-19)29-17-6-2-5-16(22)10-17/h2,5-8,10-12,15H,3-4,9,13H2,1H3/t15-/m0/s1. The minimum atomic E-state index is -0.387. The van der Waals surface area contributed by atoms with Crippen molar-refractivity contribution in [2.75, 3.05) is 13.1 Å². The second-order valence-corrected chi connectivity index (χ2v) is 6.94. The number of amides is 1. The number of likely N-dealkylation sites (tertiary alicyclic amines) is 1. The third-order valence-electron chi connectivity index (χ3n) is 4.80. The molecular formula is C21H20FN5O2. The van der Waals surface area contributed by atoms with E-state index in [0.29, 0.717) is 36.1 Å². The second-order valence-electron chi connectivity index (χ2n) is 6.94. The molecule has 0 saturated carbocycles. The summed E-state index contributed by atoms with van der Waals surface area (Å²) in [6, 6.07) is 5.88. The molecule has 2 aromatic heterocycles. The number of carbonyl (C=O) groups is 1. The summed E-state index contributed by atoms with van der Waals surface area (Å²) in [5, 5.41) is 0. The zero-order chi connectivity index (χ0) is 20.2. The predicted octanol–water partition coefficient (Wildman–Crippen LogP) is 3.53. The summed E-state index contributed by atoms with van der Waals surface area (Å²) in [6.45, 7) is 2.95. The van der Waals surface area contributed by atoms with Crippen LogP contribution in [0.3, 0.4) is 0 Å². The van der Waals surface area contributed by atoms with Gasteiger partial charge in [-0.1, -0.05) is 6.07 Å². The number of ether oxygens (including phenoxy) is 1. The molecule has 1 atom stereocenters. The van der Waals surface area contributed by atoms with Gasteiger partial charge in [0.2, 0.25) is 5.88 Å². The van der Waals surface area contributed by atoms with Gasteiger partial charge in [0, 0.05) is 43.7 Å². The van der Waals surface area contributed by atoms with E-state index in [0.717, 1.165) is 18.5 Å². The van der Waals surface area contributed by atoms with Crippen molar-refractivity contribution in [2.45, 2.75) is 25.7 Å². The predicted molar refractivity (Wildman–Crippen MR) is 103 cm³/mol. The van der Waals surface area contributed by atoms with Crippen molar-refractivity contribution < 1.29 is 13.9 Å². The Morgan fingerprint density at radius 3 is 2.83 bits per heavy atom. The van der Waals surface area contributed by atoms with E-state index in [9.17, 15) is 9.18 Å². The third-order valence-corrected chi connectivity index (χ3v) is 4.80. The van der Waals surface area contributed by atoms with E-state index in [2.05, 4.69) is 19.9 Å². The van der Waals surface area contributed by atoms with Crippen molar-refractivity contribution in [3.05, 3.63) is 72.0 Å². The maximum absolute atomic E-state index is 13.5. The summed E-state index contributed by atoms with van der Waals surface area (Å²) in [4.78, 5) is 31.7. The first kappa shape index (κ1) is 18.9. The molecule has 0 bridgehead atoms. The molecule has 29 heavy (non-hydrogen) atoms. The highest BCUT2D eigenvalue weighted by Crippen LogP contribution is 2.33. The molecule has 0 radical (unpaired) electrons. The molecule has 8 heteroatoms. The van der Waals surface area contributed by atoms with Crippen molar-refractivity contribution in [2.24, 2.45) is 0 Å². The van der Waals surface area contributed by atoms with Crippen LogP contribution in [-0.2, 0) is 0 Å². The summed E-state index contributed by atoms with van der Waals surface area (Å²) in [5.41, 5.74) is 1.74. The average Bonchev–Trinajstić information content (AvgIpc) is 2.74. The molecule has 4 rings (SSSR count). The van der Waals surface area contributed by atoms with Crippen LogP contribution in [0.1, 0.15) is 40.6 Å².